The third-order valence-corrected chi connectivity index (χ3v) is 5.22. The fourth-order valence-corrected chi connectivity index (χ4v) is 3.45. The molecule has 1 heterocycles. The fourth-order valence-electron chi connectivity index (χ4n) is 2.37. The average Bonchev–Trinajstić information content (AvgIpc) is 2.68. The second-order valence-electron chi connectivity index (χ2n) is 5.73. The number of hydrogen-bond donors (Lipinski definition) is 1. The summed E-state index contributed by atoms with van der Waals surface area (Å²) in [4.78, 5) is 17.6. The molecule has 1 atom stereocenters. The number of thioether (sulfide) groups is 1. The number of aromatic nitrogens is 1. The van der Waals surface area contributed by atoms with Gasteiger partial charge in [-0.05, 0) is 37.3 Å². The molecule has 0 radical (unpaired) electrons. The summed E-state index contributed by atoms with van der Waals surface area (Å²) in [5, 5.41) is 4.95. The number of methoxy groups -OCH3 is 1. The molecule has 0 aliphatic rings. The highest BCUT2D eigenvalue weighted by Gasteiger charge is 2.13. The third-order valence-electron chi connectivity index (χ3n) is 3.81. The smallest absolute Gasteiger partial charge is 0.253 e. The number of pyridine rings is 1. The van der Waals surface area contributed by atoms with Crippen LogP contribution in [0.3, 0.4) is 0 Å². The van der Waals surface area contributed by atoms with Gasteiger partial charge in [0.25, 0.3) is 5.91 Å². The summed E-state index contributed by atoms with van der Waals surface area (Å²) in [5.41, 5.74) is 3.90. The Morgan fingerprint density at radius 3 is 2.78 bits per heavy atom. The molecule has 7 heteroatoms. The maximum Gasteiger partial charge on any atom is 0.253 e. The van der Waals surface area contributed by atoms with Crippen LogP contribution < -0.4 is 10.2 Å². The molecule has 0 unspecified atom stereocenters. The number of benzene rings is 2. The lowest BCUT2D eigenvalue weighted by atomic mass is 10.1. The minimum atomic E-state index is -0.276. The van der Waals surface area contributed by atoms with Gasteiger partial charge < -0.3 is 4.74 Å². The molecular formula is C20H18ClN3O2S. The van der Waals surface area contributed by atoms with Crippen LogP contribution in [0.4, 0.5) is 0 Å². The van der Waals surface area contributed by atoms with E-state index < -0.39 is 0 Å². The van der Waals surface area contributed by atoms with Crippen LogP contribution in [0.1, 0.15) is 12.5 Å². The van der Waals surface area contributed by atoms with E-state index in [0.29, 0.717) is 16.5 Å². The van der Waals surface area contributed by atoms with Gasteiger partial charge in [-0.2, -0.15) is 5.10 Å². The van der Waals surface area contributed by atoms with Gasteiger partial charge in [0.05, 0.1) is 24.1 Å². The lowest BCUT2D eigenvalue weighted by molar-refractivity contribution is -0.120. The predicted octanol–water partition coefficient (Wildman–Crippen LogP) is 4.53. The molecule has 5 nitrogen and oxygen atoms in total. The molecule has 0 aliphatic carbocycles. The molecule has 0 saturated heterocycles. The molecule has 1 aromatic heterocycles. The van der Waals surface area contributed by atoms with Crippen molar-refractivity contribution in [3.8, 4) is 5.75 Å². The molecule has 1 N–H and O–H groups in total. The van der Waals surface area contributed by atoms with Crippen molar-refractivity contribution in [3.05, 3.63) is 65.3 Å². The molecule has 0 spiro atoms. The van der Waals surface area contributed by atoms with Crippen molar-refractivity contribution in [3.63, 3.8) is 0 Å². The molecular weight excluding hydrogens is 382 g/mol. The summed E-state index contributed by atoms with van der Waals surface area (Å²) in [5.74, 6) is 0.527. The standard InChI is InChI=1S/C20H18ClN3O2S/c1-13(27-17-6-4-3-5-7-17)20(25)24-22-12-15-10-14-8-9-16(26-2)11-18(14)23-19(15)21/h3-13H,1-2H3,(H,24,25)/t13-/m1/s1. The molecule has 2 aromatic carbocycles. The van der Waals surface area contributed by atoms with Crippen LogP contribution in [0.5, 0.6) is 5.75 Å². The van der Waals surface area contributed by atoms with Gasteiger partial charge in [0.2, 0.25) is 0 Å². The molecule has 27 heavy (non-hydrogen) atoms. The number of nitrogens with one attached hydrogen (secondary N) is 1. The first kappa shape index (κ1) is 19.2. The van der Waals surface area contributed by atoms with Crippen LogP contribution >= 0.6 is 23.4 Å². The molecule has 3 rings (SSSR count). The maximum absolute atomic E-state index is 12.2. The summed E-state index contributed by atoms with van der Waals surface area (Å²) in [6, 6.07) is 17.2. The van der Waals surface area contributed by atoms with Crippen molar-refractivity contribution < 1.29 is 9.53 Å². The van der Waals surface area contributed by atoms with Crippen LogP contribution in [0.15, 0.2) is 64.6 Å². The van der Waals surface area contributed by atoms with Gasteiger partial charge in [-0.15, -0.1) is 11.8 Å². The van der Waals surface area contributed by atoms with Crippen LogP contribution in [-0.2, 0) is 4.79 Å². The summed E-state index contributed by atoms with van der Waals surface area (Å²) in [7, 11) is 1.60. The number of halogens is 1. The van der Waals surface area contributed by atoms with Crippen molar-refractivity contribution in [2.24, 2.45) is 5.10 Å². The number of carbonyl (C=O) groups is 1. The Balaban J connectivity index is 1.66. The number of ether oxygens (including phenoxy) is 1. The zero-order chi connectivity index (χ0) is 19.2. The van der Waals surface area contributed by atoms with E-state index in [9.17, 15) is 4.79 Å². The Bertz CT molecular complexity index is 980. The minimum Gasteiger partial charge on any atom is -0.497 e. The second-order valence-corrected chi connectivity index (χ2v) is 7.51. The molecule has 138 valence electrons. The third kappa shape index (κ3) is 4.99. The maximum atomic E-state index is 12.2. The van der Waals surface area contributed by atoms with Gasteiger partial charge in [0.1, 0.15) is 10.9 Å². The lowest BCUT2D eigenvalue weighted by Crippen LogP contribution is -2.26. The molecule has 3 aromatic rings. The Labute approximate surface area is 166 Å². The van der Waals surface area contributed by atoms with Crippen molar-refractivity contribution >= 4 is 46.4 Å². The molecule has 0 bridgehead atoms. The Hall–Kier alpha value is -2.57. The van der Waals surface area contributed by atoms with E-state index in [-0.39, 0.29) is 11.2 Å². The largest absolute Gasteiger partial charge is 0.497 e. The first-order valence-electron chi connectivity index (χ1n) is 8.26. The summed E-state index contributed by atoms with van der Waals surface area (Å²) in [6.45, 7) is 1.83. The Kier molecular flexibility index (Phi) is 6.32. The van der Waals surface area contributed by atoms with E-state index >= 15 is 0 Å². The lowest BCUT2D eigenvalue weighted by Gasteiger charge is -2.09. The van der Waals surface area contributed by atoms with Crippen LogP contribution in [0.25, 0.3) is 10.9 Å². The van der Waals surface area contributed by atoms with Gasteiger partial charge in [-0.1, -0.05) is 29.8 Å². The van der Waals surface area contributed by atoms with Crippen LogP contribution in [0, 0.1) is 0 Å². The highest BCUT2D eigenvalue weighted by molar-refractivity contribution is 8.00. The normalized spacial score (nSPS) is 12.3. The first-order valence-corrected chi connectivity index (χ1v) is 9.51. The van der Waals surface area contributed by atoms with E-state index in [2.05, 4.69) is 15.5 Å². The minimum absolute atomic E-state index is 0.185. The van der Waals surface area contributed by atoms with E-state index in [1.807, 2.05) is 61.5 Å². The number of carbonyl (C=O) groups excluding carboxylic acids is 1. The summed E-state index contributed by atoms with van der Waals surface area (Å²) in [6.07, 6.45) is 1.50. The molecule has 0 fully saturated rings. The second kappa shape index (κ2) is 8.88. The highest BCUT2D eigenvalue weighted by Crippen LogP contribution is 2.24. The fraction of sp³-hybridized carbons (Fsp3) is 0.150. The van der Waals surface area contributed by atoms with Crippen LogP contribution in [-0.4, -0.2) is 29.5 Å². The van der Waals surface area contributed by atoms with Crippen molar-refractivity contribution in [2.75, 3.05) is 7.11 Å². The summed E-state index contributed by atoms with van der Waals surface area (Å²) >= 11 is 7.69. The molecule has 0 aliphatic heterocycles. The molecule has 1 amide bonds. The first-order chi connectivity index (χ1) is 13.1. The van der Waals surface area contributed by atoms with Gasteiger partial charge in [0.15, 0.2) is 0 Å². The van der Waals surface area contributed by atoms with Gasteiger partial charge in [-0.25, -0.2) is 10.4 Å². The zero-order valence-electron chi connectivity index (χ0n) is 14.8. The van der Waals surface area contributed by atoms with E-state index in [1.54, 1.807) is 7.11 Å². The van der Waals surface area contributed by atoms with E-state index in [0.717, 1.165) is 15.8 Å². The number of nitrogens with zero attached hydrogens (tertiary/aromatic N) is 2. The Morgan fingerprint density at radius 1 is 1.26 bits per heavy atom. The quantitative estimate of drug-likeness (QED) is 0.286. The average molecular weight is 400 g/mol. The number of hydrogen-bond acceptors (Lipinski definition) is 5. The Morgan fingerprint density at radius 2 is 2.04 bits per heavy atom. The molecule has 0 saturated carbocycles. The number of fused-ring (bicyclic) bond motifs is 1. The topological polar surface area (TPSA) is 63.6 Å². The zero-order valence-corrected chi connectivity index (χ0v) is 16.4. The van der Waals surface area contributed by atoms with Gasteiger partial charge in [-0.3, -0.25) is 4.79 Å². The number of amides is 1. The number of rotatable bonds is 6. The summed E-state index contributed by atoms with van der Waals surface area (Å²) < 4.78 is 5.19. The van der Waals surface area contributed by atoms with Crippen LogP contribution in [0.2, 0.25) is 5.15 Å². The van der Waals surface area contributed by atoms with Crippen molar-refractivity contribution in [1.82, 2.24) is 10.4 Å². The highest BCUT2D eigenvalue weighted by atomic mass is 35.5. The SMILES string of the molecule is COc1ccc2cc(C=NNC(=O)[C@@H](C)Sc3ccccc3)c(Cl)nc2c1. The van der Waals surface area contributed by atoms with Gasteiger partial charge >= 0.3 is 0 Å². The van der Waals surface area contributed by atoms with Gasteiger partial charge in [0, 0.05) is 21.9 Å². The van der Waals surface area contributed by atoms with Crippen molar-refractivity contribution in [2.45, 2.75) is 17.1 Å². The van der Waals surface area contributed by atoms with E-state index in [1.165, 1.54) is 18.0 Å². The van der Waals surface area contributed by atoms with Crippen molar-refractivity contribution in [1.29, 1.82) is 0 Å². The van der Waals surface area contributed by atoms with E-state index in [4.69, 9.17) is 16.3 Å². The number of hydrazone groups is 1. The predicted molar refractivity (Wildman–Crippen MR) is 111 cm³/mol. The monoisotopic (exact) mass is 399 g/mol.